The number of rotatable bonds is 10. The summed E-state index contributed by atoms with van der Waals surface area (Å²) in [6.45, 7) is 11.8. The van der Waals surface area contributed by atoms with Crippen molar-refractivity contribution in [2.24, 2.45) is 10.9 Å². The Morgan fingerprint density at radius 1 is 1.20 bits per heavy atom. The minimum Gasteiger partial charge on any atom is -0.493 e. The molecule has 0 amide bonds. The summed E-state index contributed by atoms with van der Waals surface area (Å²) in [5.41, 5.74) is 3.46. The van der Waals surface area contributed by atoms with Gasteiger partial charge >= 0.3 is 0 Å². The number of ether oxygens (including phenoxy) is 2. The zero-order valence-electron chi connectivity index (χ0n) is 19.5. The molecule has 166 valence electrons. The van der Waals surface area contributed by atoms with Crippen LogP contribution in [-0.2, 0) is 13.0 Å². The molecule has 30 heavy (non-hydrogen) atoms. The van der Waals surface area contributed by atoms with E-state index in [1.54, 1.807) is 14.2 Å². The highest BCUT2D eigenvalue weighted by molar-refractivity contribution is 5.79. The van der Waals surface area contributed by atoms with Crippen LogP contribution < -0.4 is 14.8 Å². The van der Waals surface area contributed by atoms with Crippen molar-refractivity contribution in [3.63, 3.8) is 0 Å². The molecule has 0 aliphatic rings. The molecule has 2 aromatic rings. The molecule has 1 unspecified atom stereocenters. The van der Waals surface area contributed by atoms with Gasteiger partial charge in [0.15, 0.2) is 17.5 Å². The van der Waals surface area contributed by atoms with Gasteiger partial charge < -0.3 is 19.7 Å². The fraction of sp³-hybridized carbons (Fsp3) is 0.565. The summed E-state index contributed by atoms with van der Waals surface area (Å²) in [6.07, 6.45) is 0.891. The van der Waals surface area contributed by atoms with Crippen molar-refractivity contribution >= 4 is 5.96 Å². The Bertz CT molecular complexity index is 831. The minimum atomic E-state index is 0.399. The maximum Gasteiger partial charge on any atom is 0.193 e. The maximum absolute atomic E-state index is 5.41. The third-order valence-electron chi connectivity index (χ3n) is 5.02. The van der Waals surface area contributed by atoms with E-state index in [1.165, 1.54) is 11.3 Å². The van der Waals surface area contributed by atoms with Crippen molar-refractivity contribution in [2.75, 3.05) is 40.9 Å². The lowest BCUT2D eigenvalue weighted by Gasteiger charge is -2.23. The fourth-order valence-electron chi connectivity index (χ4n) is 3.36. The zero-order chi connectivity index (χ0) is 22.1. The molecule has 7 heteroatoms. The van der Waals surface area contributed by atoms with E-state index in [0.717, 1.165) is 55.8 Å². The number of benzene rings is 1. The first-order chi connectivity index (χ1) is 14.4. The Morgan fingerprint density at radius 2 is 1.93 bits per heavy atom. The highest BCUT2D eigenvalue weighted by atomic mass is 16.5. The lowest BCUT2D eigenvalue weighted by molar-refractivity contribution is 0.354. The zero-order valence-corrected chi connectivity index (χ0v) is 19.5. The van der Waals surface area contributed by atoms with Crippen molar-refractivity contribution in [2.45, 2.75) is 40.7 Å². The van der Waals surface area contributed by atoms with E-state index in [1.807, 2.05) is 19.1 Å². The van der Waals surface area contributed by atoms with Crippen LogP contribution in [0.3, 0.4) is 0 Å². The first kappa shape index (κ1) is 23.6. The number of nitrogens with one attached hydrogen (secondary N) is 1. The number of aliphatic imine (C=N–C) groups is 1. The van der Waals surface area contributed by atoms with Gasteiger partial charge in [-0.25, -0.2) is 0 Å². The van der Waals surface area contributed by atoms with Gasteiger partial charge in [0.2, 0.25) is 0 Å². The van der Waals surface area contributed by atoms with Gasteiger partial charge in [0.1, 0.15) is 0 Å². The molecule has 1 atom stereocenters. The van der Waals surface area contributed by atoms with Crippen molar-refractivity contribution in [3.8, 4) is 11.5 Å². The first-order valence-corrected chi connectivity index (χ1v) is 10.6. The average molecular weight is 416 g/mol. The van der Waals surface area contributed by atoms with Gasteiger partial charge in [-0.2, -0.15) is 5.10 Å². The van der Waals surface area contributed by atoms with Gasteiger partial charge in [-0.15, -0.1) is 0 Å². The van der Waals surface area contributed by atoms with Crippen molar-refractivity contribution in [1.82, 2.24) is 20.0 Å². The topological polar surface area (TPSA) is 63.9 Å². The van der Waals surface area contributed by atoms with Crippen LogP contribution in [0, 0.1) is 19.8 Å². The highest BCUT2D eigenvalue weighted by Gasteiger charge is 2.11. The molecule has 2 rings (SSSR count). The Labute approximate surface area is 181 Å². The number of hydrogen-bond donors (Lipinski definition) is 1. The Balaban J connectivity index is 1.96. The minimum absolute atomic E-state index is 0.399. The second-order valence-corrected chi connectivity index (χ2v) is 7.77. The summed E-state index contributed by atoms with van der Waals surface area (Å²) in [7, 11) is 5.39. The average Bonchev–Trinajstić information content (AvgIpc) is 3.05. The summed E-state index contributed by atoms with van der Waals surface area (Å²) in [5, 5.41) is 7.96. The van der Waals surface area contributed by atoms with Crippen LogP contribution in [0.5, 0.6) is 11.5 Å². The number of hydrogen-bond acceptors (Lipinski definition) is 4. The summed E-state index contributed by atoms with van der Waals surface area (Å²) >= 11 is 0. The normalized spacial score (nSPS) is 12.6. The molecule has 0 spiro atoms. The molecule has 0 radical (unpaired) electrons. The predicted octanol–water partition coefficient (Wildman–Crippen LogP) is 3.29. The van der Waals surface area contributed by atoms with Crippen molar-refractivity contribution in [1.29, 1.82) is 0 Å². The van der Waals surface area contributed by atoms with Crippen LogP contribution in [0.2, 0.25) is 0 Å². The molecule has 0 aliphatic carbocycles. The molecular formula is C23H37N5O2. The lowest BCUT2D eigenvalue weighted by atomic mass is 10.1. The number of guanidine groups is 1. The van der Waals surface area contributed by atoms with E-state index in [0.29, 0.717) is 5.92 Å². The molecule has 1 aromatic carbocycles. The van der Waals surface area contributed by atoms with Crippen LogP contribution in [-0.4, -0.2) is 61.5 Å². The fourth-order valence-corrected chi connectivity index (χ4v) is 3.36. The standard InChI is InChI=1S/C23H37N5O2/c1-8-24-23(25-15-17(2)16-28-19(4)13-18(3)26-28)27(5)12-11-20-9-10-21(29-6)22(14-20)30-7/h9-10,13-14,17H,8,11-12,15-16H2,1-7H3,(H,24,25). The SMILES string of the molecule is CCNC(=NCC(C)Cn1nc(C)cc1C)N(C)CCc1ccc(OC)c(OC)c1. The molecule has 1 aromatic heterocycles. The molecule has 0 saturated heterocycles. The summed E-state index contributed by atoms with van der Waals surface area (Å²) in [5.74, 6) is 2.84. The number of likely N-dealkylation sites (N-methyl/N-ethyl adjacent to an activating group) is 1. The van der Waals surface area contributed by atoms with Gasteiger partial charge in [-0.05, 0) is 56.9 Å². The second kappa shape index (κ2) is 11.5. The Hall–Kier alpha value is -2.70. The van der Waals surface area contributed by atoms with E-state index in [2.05, 4.69) is 59.9 Å². The van der Waals surface area contributed by atoms with Crippen molar-refractivity contribution in [3.05, 3.63) is 41.2 Å². The van der Waals surface area contributed by atoms with Crippen LogP contribution in [0.25, 0.3) is 0 Å². The molecule has 1 N–H and O–H groups in total. The molecule has 7 nitrogen and oxygen atoms in total. The smallest absolute Gasteiger partial charge is 0.193 e. The maximum atomic E-state index is 5.41. The largest absolute Gasteiger partial charge is 0.493 e. The summed E-state index contributed by atoms with van der Waals surface area (Å²) in [4.78, 5) is 7.04. The third-order valence-corrected chi connectivity index (χ3v) is 5.02. The van der Waals surface area contributed by atoms with E-state index in [-0.39, 0.29) is 0 Å². The summed E-state index contributed by atoms with van der Waals surface area (Å²) < 4.78 is 12.8. The Morgan fingerprint density at radius 3 is 2.53 bits per heavy atom. The number of aryl methyl sites for hydroxylation is 2. The molecule has 0 bridgehead atoms. The van der Waals surface area contributed by atoms with Crippen LogP contribution in [0.15, 0.2) is 29.3 Å². The molecule has 0 saturated carbocycles. The van der Waals surface area contributed by atoms with Crippen molar-refractivity contribution < 1.29 is 9.47 Å². The van der Waals surface area contributed by atoms with Gasteiger partial charge in [0, 0.05) is 38.9 Å². The van der Waals surface area contributed by atoms with Gasteiger partial charge in [-0.3, -0.25) is 9.67 Å². The number of aromatic nitrogens is 2. The van der Waals surface area contributed by atoms with E-state index >= 15 is 0 Å². The molecule has 0 aliphatic heterocycles. The molecular weight excluding hydrogens is 378 g/mol. The Kier molecular flexibility index (Phi) is 9.02. The van der Waals surface area contributed by atoms with Gasteiger partial charge in [0.05, 0.1) is 19.9 Å². The van der Waals surface area contributed by atoms with Crippen LogP contribution in [0.4, 0.5) is 0 Å². The monoisotopic (exact) mass is 415 g/mol. The lowest BCUT2D eigenvalue weighted by Crippen LogP contribution is -2.40. The van der Waals surface area contributed by atoms with Gasteiger partial charge in [0.25, 0.3) is 0 Å². The summed E-state index contributed by atoms with van der Waals surface area (Å²) in [6, 6.07) is 8.18. The van der Waals surface area contributed by atoms with Crippen LogP contribution >= 0.6 is 0 Å². The first-order valence-electron chi connectivity index (χ1n) is 10.6. The highest BCUT2D eigenvalue weighted by Crippen LogP contribution is 2.27. The number of methoxy groups -OCH3 is 2. The third kappa shape index (κ3) is 6.68. The quantitative estimate of drug-likeness (QED) is 0.477. The van der Waals surface area contributed by atoms with E-state index in [4.69, 9.17) is 14.5 Å². The molecule has 0 fully saturated rings. The van der Waals surface area contributed by atoms with E-state index < -0.39 is 0 Å². The molecule has 1 heterocycles. The van der Waals surface area contributed by atoms with E-state index in [9.17, 15) is 0 Å². The number of nitrogens with zero attached hydrogens (tertiary/aromatic N) is 4. The van der Waals surface area contributed by atoms with Gasteiger partial charge in [-0.1, -0.05) is 13.0 Å². The van der Waals surface area contributed by atoms with Crippen LogP contribution in [0.1, 0.15) is 30.8 Å². The predicted molar refractivity (Wildman–Crippen MR) is 123 cm³/mol. The second-order valence-electron chi connectivity index (χ2n) is 7.77.